The number of alkyl halides is 2. The smallest absolute Gasteiger partial charge is 0.251 e. The SMILES string of the molecule is C[C@@H]1Cc2c([nH]c3ccccc23)[C@@H](c2c(F)cc(N3CCCC4(CN(C=O)C4)C3)cc2F)N1CC(F)F. The van der Waals surface area contributed by atoms with Gasteiger partial charge >= 0.3 is 0 Å². The summed E-state index contributed by atoms with van der Waals surface area (Å²) in [4.78, 5) is 19.6. The molecule has 0 unspecified atom stereocenters. The number of nitrogens with one attached hydrogen (secondary N) is 1. The normalized spacial score (nSPS) is 23.5. The minimum absolute atomic E-state index is 0.0447. The minimum Gasteiger partial charge on any atom is -0.371 e. The molecule has 9 heteroatoms. The number of fused-ring (bicyclic) bond motifs is 3. The van der Waals surface area contributed by atoms with Crippen LogP contribution in [-0.2, 0) is 11.2 Å². The van der Waals surface area contributed by atoms with Crippen molar-refractivity contribution in [3.63, 3.8) is 0 Å². The molecule has 1 amide bonds. The lowest BCUT2D eigenvalue weighted by atomic mass is 9.73. The van der Waals surface area contributed by atoms with E-state index >= 15 is 8.78 Å². The molecule has 1 spiro atoms. The van der Waals surface area contributed by atoms with E-state index in [9.17, 15) is 13.6 Å². The van der Waals surface area contributed by atoms with Crippen molar-refractivity contribution in [2.45, 2.75) is 44.7 Å². The van der Waals surface area contributed by atoms with Crippen molar-refractivity contribution in [1.82, 2.24) is 14.8 Å². The van der Waals surface area contributed by atoms with Gasteiger partial charge in [-0.1, -0.05) is 18.2 Å². The molecule has 3 aliphatic heterocycles. The quantitative estimate of drug-likeness (QED) is 0.380. The maximum Gasteiger partial charge on any atom is 0.251 e. The van der Waals surface area contributed by atoms with E-state index in [0.717, 1.165) is 35.7 Å². The molecule has 196 valence electrons. The molecule has 0 saturated carbocycles. The number of aromatic nitrogens is 1. The van der Waals surface area contributed by atoms with Gasteiger partial charge in [-0.2, -0.15) is 0 Å². The van der Waals surface area contributed by atoms with Gasteiger partial charge in [-0.25, -0.2) is 17.6 Å². The Bertz CT molecular complexity index is 1310. The van der Waals surface area contributed by atoms with E-state index < -0.39 is 30.6 Å². The Kier molecular flexibility index (Phi) is 5.93. The number of amides is 1. The standard InChI is InChI=1S/C28H30F4N4O/c1-17-9-20-19-5-2-3-6-23(19)33-26(20)27(36(17)12-24(31)32)25-21(29)10-18(11-22(25)30)35-8-4-7-28(15-35)13-34(14-28)16-37/h2-3,5-6,10-11,16-17,24,27,33H,4,7-9,12-15H2,1H3/t17-,27-/m1/s1. The van der Waals surface area contributed by atoms with Crippen molar-refractivity contribution in [1.29, 1.82) is 0 Å². The first-order chi connectivity index (χ1) is 17.8. The van der Waals surface area contributed by atoms with Crippen LogP contribution in [-0.4, -0.2) is 66.4 Å². The molecule has 0 aliphatic carbocycles. The topological polar surface area (TPSA) is 42.6 Å². The van der Waals surface area contributed by atoms with Crippen LogP contribution in [0.15, 0.2) is 36.4 Å². The summed E-state index contributed by atoms with van der Waals surface area (Å²) in [6.07, 6.45) is 0.560. The molecule has 0 radical (unpaired) electrons. The second-order valence-electron chi connectivity index (χ2n) is 11.0. The van der Waals surface area contributed by atoms with Gasteiger partial charge in [0.05, 0.1) is 12.6 Å². The van der Waals surface area contributed by atoms with Crippen LogP contribution in [0.4, 0.5) is 23.2 Å². The van der Waals surface area contributed by atoms with Gasteiger partial charge in [0.2, 0.25) is 6.41 Å². The number of hydrogen-bond acceptors (Lipinski definition) is 3. The molecule has 2 atom stereocenters. The summed E-state index contributed by atoms with van der Waals surface area (Å²) >= 11 is 0. The lowest BCUT2D eigenvalue weighted by Gasteiger charge is -2.54. The van der Waals surface area contributed by atoms with Crippen molar-refractivity contribution in [2.75, 3.05) is 37.6 Å². The highest BCUT2D eigenvalue weighted by Gasteiger charge is 2.46. The highest BCUT2D eigenvalue weighted by atomic mass is 19.3. The Labute approximate surface area is 213 Å². The van der Waals surface area contributed by atoms with Crippen LogP contribution in [0.2, 0.25) is 0 Å². The number of nitrogens with zero attached hydrogens (tertiary/aromatic N) is 3. The fourth-order valence-electron chi connectivity index (χ4n) is 6.85. The molecule has 3 aromatic rings. The van der Waals surface area contributed by atoms with E-state index in [-0.39, 0.29) is 17.0 Å². The van der Waals surface area contributed by atoms with Gasteiger partial charge < -0.3 is 14.8 Å². The molecule has 4 heterocycles. The molecule has 6 rings (SSSR count). The first-order valence-electron chi connectivity index (χ1n) is 12.9. The fraction of sp³-hybridized carbons (Fsp3) is 0.464. The first kappa shape index (κ1) is 24.3. The van der Waals surface area contributed by atoms with E-state index in [2.05, 4.69) is 4.98 Å². The largest absolute Gasteiger partial charge is 0.371 e. The van der Waals surface area contributed by atoms with Crippen molar-refractivity contribution in [3.05, 3.63) is 64.9 Å². The number of piperidine rings is 1. The van der Waals surface area contributed by atoms with E-state index in [0.29, 0.717) is 44.0 Å². The number of anilines is 1. The van der Waals surface area contributed by atoms with E-state index in [1.165, 1.54) is 17.0 Å². The molecule has 0 bridgehead atoms. The van der Waals surface area contributed by atoms with E-state index in [1.807, 2.05) is 36.1 Å². The lowest BCUT2D eigenvalue weighted by molar-refractivity contribution is -0.129. The van der Waals surface area contributed by atoms with Gasteiger partial charge in [0, 0.05) is 65.5 Å². The van der Waals surface area contributed by atoms with Crippen molar-refractivity contribution >= 4 is 23.0 Å². The summed E-state index contributed by atoms with van der Waals surface area (Å²) in [5, 5.41) is 0.951. The second kappa shape index (κ2) is 9.04. The Morgan fingerprint density at radius 3 is 2.57 bits per heavy atom. The van der Waals surface area contributed by atoms with Crippen molar-refractivity contribution in [3.8, 4) is 0 Å². The predicted molar refractivity (Wildman–Crippen MR) is 134 cm³/mol. The zero-order valence-corrected chi connectivity index (χ0v) is 20.7. The zero-order chi connectivity index (χ0) is 25.9. The second-order valence-corrected chi connectivity index (χ2v) is 11.0. The Hall–Kier alpha value is -3.07. The number of likely N-dealkylation sites (tertiary alicyclic amines) is 1. The van der Waals surface area contributed by atoms with Gasteiger partial charge in [-0.15, -0.1) is 0 Å². The number of aromatic amines is 1. The molecule has 3 aliphatic rings. The van der Waals surface area contributed by atoms with Crippen LogP contribution in [0.25, 0.3) is 10.9 Å². The highest BCUT2D eigenvalue weighted by molar-refractivity contribution is 5.85. The van der Waals surface area contributed by atoms with Gasteiger partial charge in [-0.3, -0.25) is 9.69 Å². The Morgan fingerprint density at radius 1 is 1.14 bits per heavy atom. The Balaban J connectivity index is 1.40. The number of carbonyl (C=O) groups excluding carboxylic acids is 1. The average molecular weight is 515 g/mol. The molecular formula is C28H30F4N4O. The molecular weight excluding hydrogens is 484 g/mol. The third-order valence-electron chi connectivity index (χ3n) is 8.46. The van der Waals surface area contributed by atoms with Gasteiger partial charge in [0.25, 0.3) is 6.43 Å². The monoisotopic (exact) mass is 514 g/mol. The fourth-order valence-corrected chi connectivity index (χ4v) is 6.85. The van der Waals surface area contributed by atoms with Crippen LogP contribution in [0.1, 0.15) is 42.6 Å². The first-order valence-corrected chi connectivity index (χ1v) is 12.9. The summed E-state index contributed by atoms with van der Waals surface area (Å²) < 4.78 is 59.1. The molecule has 1 N–H and O–H groups in total. The van der Waals surface area contributed by atoms with Crippen molar-refractivity contribution < 1.29 is 22.4 Å². The summed E-state index contributed by atoms with van der Waals surface area (Å²) in [5.41, 5.74) is 2.52. The molecule has 2 fully saturated rings. The van der Waals surface area contributed by atoms with Gasteiger partial charge in [-0.05, 0) is 49.9 Å². The number of halogens is 4. The predicted octanol–water partition coefficient (Wildman–Crippen LogP) is 5.11. The number of H-pyrrole nitrogens is 1. The third kappa shape index (κ3) is 4.07. The number of carbonyl (C=O) groups is 1. The minimum atomic E-state index is -2.64. The van der Waals surface area contributed by atoms with Gasteiger partial charge in [0.1, 0.15) is 11.6 Å². The van der Waals surface area contributed by atoms with E-state index in [4.69, 9.17) is 0 Å². The van der Waals surface area contributed by atoms with E-state index in [1.54, 1.807) is 4.90 Å². The summed E-state index contributed by atoms with van der Waals surface area (Å²) in [7, 11) is 0. The van der Waals surface area contributed by atoms with Crippen LogP contribution < -0.4 is 4.90 Å². The van der Waals surface area contributed by atoms with Gasteiger partial charge in [0.15, 0.2) is 0 Å². The number of benzene rings is 2. The molecule has 2 aromatic carbocycles. The summed E-state index contributed by atoms with van der Waals surface area (Å²) in [5.74, 6) is -1.47. The van der Waals surface area contributed by atoms with Crippen molar-refractivity contribution in [2.24, 2.45) is 5.41 Å². The molecule has 1 aromatic heterocycles. The summed E-state index contributed by atoms with van der Waals surface area (Å²) in [6, 6.07) is 8.98. The number of para-hydroxylation sites is 1. The van der Waals surface area contributed by atoms with Crippen LogP contribution in [0, 0.1) is 17.0 Å². The zero-order valence-electron chi connectivity index (χ0n) is 20.7. The van der Waals surface area contributed by atoms with Crippen LogP contribution in [0.5, 0.6) is 0 Å². The lowest BCUT2D eigenvalue weighted by Crippen LogP contribution is -2.62. The summed E-state index contributed by atoms with van der Waals surface area (Å²) in [6.45, 7) is 3.86. The molecule has 37 heavy (non-hydrogen) atoms. The maximum atomic E-state index is 15.9. The number of hydrogen-bond donors (Lipinski definition) is 1. The molecule has 5 nitrogen and oxygen atoms in total. The number of rotatable bonds is 5. The van der Waals surface area contributed by atoms with Crippen LogP contribution >= 0.6 is 0 Å². The maximum absolute atomic E-state index is 15.9. The average Bonchev–Trinajstić information content (AvgIpc) is 3.21. The molecule has 2 saturated heterocycles. The third-order valence-corrected chi connectivity index (χ3v) is 8.46. The van der Waals surface area contributed by atoms with Crippen LogP contribution in [0.3, 0.4) is 0 Å². The Morgan fingerprint density at radius 2 is 1.86 bits per heavy atom. The highest BCUT2D eigenvalue weighted by Crippen LogP contribution is 2.44.